The van der Waals surface area contributed by atoms with Crippen LogP contribution in [-0.4, -0.2) is 61.9 Å². The maximum Gasteiger partial charge on any atom is 0.298 e. The third-order valence-electron chi connectivity index (χ3n) is 5.62. The number of aliphatic imine (C=N–C) groups is 1. The number of amides is 1. The molecule has 0 bridgehead atoms. The van der Waals surface area contributed by atoms with E-state index >= 15 is 0 Å². The molecular formula is C25H27N5O3. The van der Waals surface area contributed by atoms with Crippen molar-refractivity contribution in [1.29, 1.82) is 0 Å². The summed E-state index contributed by atoms with van der Waals surface area (Å²) >= 11 is 0. The molecule has 33 heavy (non-hydrogen) atoms. The molecule has 3 heterocycles. The molecule has 8 nitrogen and oxygen atoms in total. The largest absolute Gasteiger partial charge is 0.497 e. The highest BCUT2D eigenvalue weighted by Crippen LogP contribution is 2.24. The second-order valence-corrected chi connectivity index (χ2v) is 7.79. The van der Waals surface area contributed by atoms with E-state index in [2.05, 4.69) is 39.4 Å². The monoisotopic (exact) mass is 445 g/mol. The van der Waals surface area contributed by atoms with Gasteiger partial charge in [0.2, 0.25) is 0 Å². The van der Waals surface area contributed by atoms with Crippen molar-refractivity contribution in [2.24, 2.45) is 4.99 Å². The van der Waals surface area contributed by atoms with Crippen molar-refractivity contribution in [2.45, 2.75) is 25.8 Å². The number of methoxy groups -OCH3 is 2. The number of hydrogen-bond donors (Lipinski definition) is 2. The third kappa shape index (κ3) is 5.07. The number of piperidine rings is 1. The fraction of sp³-hybridized carbons (Fsp3) is 0.360. The SMILES string of the molecule is CC#CC(=O)N1CCCC(NC2=C3C=NC=C3NCN2C#Cc2cc(OC)cc(OC)c2)C1. The van der Waals surface area contributed by atoms with Crippen molar-refractivity contribution < 1.29 is 14.3 Å². The molecule has 0 saturated carbocycles. The van der Waals surface area contributed by atoms with Crippen LogP contribution in [0.4, 0.5) is 0 Å². The van der Waals surface area contributed by atoms with Gasteiger partial charge in [0, 0.05) is 43.0 Å². The van der Waals surface area contributed by atoms with Crippen LogP contribution in [0.5, 0.6) is 11.5 Å². The minimum Gasteiger partial charge on any atom is -0.497 e. The van der Waals surface area contributed by atoms with E-state index in [1.807, 2.05) is 40.4 Å². The van der Waals surface area contributed by atoms with Gasteiger partial charge >= 0.3 is 0 Å². The van der Waals surface area contributed by atoms with Crippen LogP contribution in [0.3, 0.4) is 0 Å². The fourth-order valence-electron chi connectivity index (χ4n) is 3.97. The lowest BCUT2D eigenvalue weighted by atomic mass is 10.0. The average Bonchev–Trinajstić information content (AvgIpc) is 3.33. The number of ether oxygens (including phenoxy) is 2. The lowest BCUT2D eigenvalue weighted by Crippen LogP contribution is -2.51. The quantitative estimate of drug-likeness (QED) is 0.686. The number of nitrogens with zero attached hydrogens (tertiary/aromatic N) is 3. The first kappa shape index (κ1) is 22.2. The average molecular weight is 446 g/mol. The number of allylic oxidation sites excluding steroid dienone is 1. The van der Waals surface area contributed by atoms with E-state index in [0.717, 1.165) is 42.0 Å². The Labute approximate surface area is 194 Å². The molecule has 4 rings (SSSR count). The van der Waals surface area contributed by atoms with Crippen molar-refractivity contribution in [3.05, 3.63) is 47.1 Å². The Balaban J connectivity index is 1.58. The van der Waals surface area contributed by atoms with Crippen LogP contribution in [-0.2, 0) is 4.79 Å². The number of benzene rings is 1. The number of likely N-dealkylation sites (tertiary alicyclic amines) is 1. The van der Waals surface area contributed by atoms with Crippen LogP contribution in [0.15, 0.2) is 46.5 Å². The van der Waals surface area contributed by atoms with Gasteiger partial charge in [-0.3, -0.25) is 14.7 Å². The Bertz CT molecular complexity index is 1120. The van der Waals surface area contributed by atoms with E-state index in [-0.39, 0.29) is 11.9 Å². The van der Waals surface area contributed by atoms with E-state index in [1.54, 1.807) is 21.1 Å². The molecule has 1 aromatic rings. The van der Waals surface area contributed by atoms with Gasteiger partial charge in [0.15, 0.2) is 0 Å². The summed E-state index contributed by atoms with van der Waals surface area (Å²) < 4.78 is 10.7. The highest BCUT2D eigenvalue weighted by molar-refractivity contribution is 5.93. The molecule has 1 aromatic carbocycles. The van der Waals surface area contributed by atoms with Crippen molar-refractivity contribution in [2.75, 3.05) is 34.0 Å². The second kappa shape index (κ2) is 10.1. The molecular weight excluding hydrogens is 418 g/mol. The Hall–Kier alpha value is -4.04. The predicted molar refractivity (Wildman–Crippen MR) is 126 cm³/mol. The molecule has 0 spiro atoms. The molecule has 170 valence electrons. The zero-order valence-corrected chi connectivity index (χ0v) is 19.1. The zero-order chi connectivity index (χ0) is 23.2. The number of hydrogen-bond acceptors (Lipinski definition) is 7. The van der Waals surface area contributed by atoms with Crippen molar-refractivity contribution in [3.8, 4) is 35.3 Å². The molecule has 1 atom stereocenters. The molecule has 1 unspecified atom stereocenters. The molecule has 1 fully saturated rings. The first-order chi connectivity index (χ1) is 16.1. The van der Waals surface area contributed by atoms with Gasteiger partial charge in [0.1, 0.15) is 24.0 Å². The molecule has 3 aliphatic rings. The van der Waals surface area contributed by atoms with Gasteiger partial charge in [-0.2, -0.15) is 0 Å². The summed E-state index contributed by atoms with van der Waals surface area (Å²) in [6.45, 7) is 3.52. The fourth-order valence-corrected chi connectivity index (χ4v) is 3.97. The standard InChI is InChI=1S/C25H27N5O3/c1-4-6-24(31)29-9-5-7-19(16-29)28-25-22-14-26-15-23(22)27-17-30(25)10-8-18-11-20(32-2)13-21(12-18)33-3/h11-15,19,27-28H,5,7,9,16-17H2,1-3H3. The number of rotatable bonds is 4. The van der Waals surface area contributed by atoms with Gasteiger partial charge < -0.3 is 25.0 Å². The van der Waals surface area contributed by atoms with Gasteiger partial charge in [-0.15, -0.1) is 0 Å². The highest BCUT2D eigenvalue weighted by atomic mass is 16.5. The highest BCUT2D eigenvalue weighted by Gasteiger charge is 2.28. The van der Waals surface area contributed by atoms with Crippen LogP contribution in [0.1, 0.15) is 25.3 Å². The van der Waals surface area contributed by atoms with Crippen LogP contribution in [0, 0.1) is 23.8 Å². The molecule has 0 aliphatic carbocycles. The minimum atomic E-state index is -0.126. The molecule has 2 N–H and O–H groups in total. The van der Waals surface area contributed by atoms with E-state index in [1.165, 1.54) is 0 Å². The Morgan fingerprint density at radius 1 is 1.24 bits per heavy atom. The summed E-state index contributed by atoms with van der Waals surface area (Å²) in [7, 11) is 3.23. The first-order valence-corrected chi connectivity index (χ1v) is 10.8. The molecule has 1 amide bonds. The first-order valence-electron chi connectivity index (χ1n) is 10.8. The maximum absolute atomic E-state index is 12.3. The lowest BCUT2D eigenvalue weighted by molar-refractivity contribution is -0.126. The van der Waals surface area contributed by atoms with Gasteiger partial charge in [-0.05, 0) is 43.7 Å². The van der Waals surface area contributed by atoms with Gasteiger partial charge in [0.05, 0.1) is 31.7 Å². The lowest BCUT2D eigenvalue weighted by Gasteiger charge is -2.37. The number of carbonyl (C=O) groups is 1. The maximum atomic E-state index is 12.3. The molecule has 8 heteroatoms. The van der Waals surface area contributed by atoms with Crippen LogP contribution < -0.4 is 20.1 Å². The van der Waals surface area contributed by atoms with Gasteiger partial charge in [0.25, 0.3) is 5.91 Å². The topological polar surface area (TPSA) is 78.4 Å². The smallest absolute Gasteiger partial charge is 0.298 e. The van der Waals surface area contributed by atoms with E-state index in [4.69, 9.17) is 9.47 Å². The van der Waals surface area contributed by atoms with Crippen molar-refractivity contribution in [3.63, 3.8) is 0 Å². The summed E-state index contributed by atoms with van der Waals surface area (Å²) in [5, 5.41) is 6.98. The Kier molecular flexibility index (Phi) is 6.75. The van der Waals surface area contributed by atoms with E-state index in [9.17, 15) is 4.79 Å². The number of fused-ring (bicyclic) bond motifs is 1. The Morgan fingerprint density at radius 3 is 2.76 bits per heavy atom. The zero-order valence-electron chi connectivity index (χ0n) is 19.1. The number of nitrogens with one attached hydrogen (secondary N) is 2. The molecule has 1 saturated heterocycles. The molecule has 0 radical (unpaired) electrons. The molecule has 0 aromatic heterocycles. The number of carbonyl (C=O) groups excluding carboxylic acids is 1. The van der Waals surface area contributed by atoms with Crippen molar-refractivity contribution in [1.82, 2.24) is 20.4 Å². The van der Waals surface area contributed by atoms with E-state index < -0.39 is 0 Å². The van der Waals surface area contributed by atoms with Crippen molar-refractivity contribution >= 4 is 12.1 Å². The van der Waals surface area contributed by atoms with Gasteiger partial charge in [-0.25, -0.2) is 0 Å². The summed E-state index contributed by atoms with van der Waals surface area (Å²) in [4.78, 5) is 20.3. The third-order valence-corrected chi connectivity index (χ3v) is 5.62. The minimum absolute atomic E-state index is 0.0958. The molecule has 3 aliphatic heterocycles. The van der Waals surface area contributed by atoms with E-state index in [0.29, 0.717) is 24.7 Å². The summed E-state index contributed by atoms with van der Waals surface area (Å²) in [5.41, 5.74) is 2.69. The summed E-state index contributed by atoms with van der Waals surface area (Å²) in [6, 6.07) is 8.89. The predicted octanol–water partition coefficient (Wildman–Crippen LogP) is 1.62. The van der Waals surface area contributed by atoms with Crippen LogP contribution >= 0.6 is 0 Å². The van der Waals surface area contributed by atoms with Gasteiger partial charge in [-0.1, -0.05) is 5.92 Å². The second-order valence-electron chi connectivity index (χ2n) is 7.79. The van der Waals surface area contributed by atoms with Crippen LogP contribution in [0.2, 0.25) is 0 Å². The summed E-state index contributed by atoms with van der Waals surface area (Å²) in [5.74, 6) is 10.7. The summed E-state index contributed by atoms with van der Waals surface area (Å²) in [6.07, 6.45) is 5.50. The Morgan fingerprint density at radius 2 is 2.03 bits per heavy atom. The normalized spacial score (nSPS) is 18.8. The van der Waals surface area contributed by atoms with Crippen LogP contribution in [0.25, 0.3) is 0 Å².